The summed E-state index contributed by atoms with van der Waals surface area (Å²) in [6.45, 7) is 6.18. The van der Waals surface area contributed by atoms with Crippen molar-refractivity contribution in [1.82, 2.24) is 10.2 Å². The Morgan fingerprint density at radius 2 is 2.18 bits per heavy atom. The Balaban J connectivity index is 1.85. The van der Waals surface area contributed by atoms with E-state index in [0.29, 0.717) is 0 Å². The number of nitrogens with zero attached hydrogens (tertiary/aromatic N) is 1. The summed E-state index contributed by atoms with van der Waals surface area (Å²) < 4.78 is 24.2. The van der Waals surface area contributed by atoms with Gasteiger partial charge in [0, 0.05) is 25.7 Å². The van der Waals surface area contributed by atoms with Crippen LogP contribution in [-0.2, 0) is 4.74 Å². The van der Waals surface area contributed by atoms with Gasteiger partial charge in [-0.3, -0.25) is 9.69 Å². The Morgan fingerprint density at radius 1 is 1.45 bits per heavy atom. The smallest absolute Gasteiger partial charge is 0.254 e. The number of morpholine rings is 1. The third kappa shape index (κ3) is 4.42. The lowest BCUT2D eigenvalue weighted by atomic mass is 10.1. The SMILES string of the molecule is COc1cccc(C(=O)N[C@@H](C)CCN2CCOCC2)c1F. The average molecular weight is 310 g/mol. The average Bonchev–Trinajstić information content (AvgIpc) is 2.54. The molecule has 1 atom stereocenters. The van der Waals surface area contributed by atoms with Gasteiger partial charge in [0.25, 0.3) is 5.91 Å². The van der Waals surface area contributed by atoms with Crippen molar-refractivity contribution in [3.63, 3.8) is 0 Å². The van der Waals surface area contributed by atoms with Crippen molar-refractivity contribution in [2.24, 2.45) is 0 Å². The fourth-order valence-corrected chi connectivity index (χ4v) is 2.42. The molecular weight excluding hydrogens is 287 g/mol. The van der Waals surface area contributed by atoms with Crippen LogP contribution in [0.15, 0.2) is 18.2 Å². The van der Waals surface area contributed by atoms with E-state index in [1.165, 1.54) is 19.2 Å². The van der Waals surface area contributed by atoms with Gasteiger partial charge in [0.1, 0.15) is 0 Å². The lowest BCUT2D eigenvalue weighted by Crippen LogP contribution is -2.40. The van der Waals surface area contributed by atoms with Crippen LogP contribution < -0.4 is 10.1 Å². The topological polar surface area (TPSA) is 50.8 Å². The van der Waals surface area contributed by atoms with E-state index in [9.17, 15) is 9.18 Å². The Kier molecular flexibility index (Phi) is 6.15. The largest absolute Gasteiger partial charge is 0.494 e. The fraction of sp³-hybridized carbons (Fsp3) is 0.562. The van der Waals surface area contributed by atoms with Crippen LogP contribution in [0.1, 0.15) is 23.7 Å². The van der Waals surface area contributed by atoms with Gasteiger partial charge in [0.2, 0.25) is 0 Å². The van der Waals surface area contributed by atoms with Crippen LogP contribution in [0.5, 0.6) is 5.75 Å². The zero-order valence-electron chi connectivity index (χ0n) is 13.1. The first-order chi connectivity index (χ1) is 10.6. The first-order valence-electron chi connectivity index (χ1n) is 7.55. The van der Waals surface area contributed by atoms with Crippen LogP contribution in [-0.4, -0.2) is 56.8 Å². The lowest BCUT2D eigenvalue weighted by molar-refractivity contribution is 0.0363. The van der Waals surface area contributed by atoms with Crippen molar-refractivity contribution >= 4 is 5.91 Å². The molecular formula is C16H23FN2O3. The highest BCUT2D eigenvalue weighted by molar-refractivity contribution is 5.95. The van der Waals surface area contributed by atoms with Crippen molar-refractivity contribution in [1.29, 1.82) is 0 Å². The summed E-state index contributed by atoms with van der Waals surface area (Å²) in [5.74, 6) is -0.956. The normalized spacial score (nSPS) is 17.0. The van der Waals surface area contributed by atoms with E-state index >= 15 is 0 Å². The van der Waals surface area contributed by atoms with Crippen molar-refractivity contribution in [3.05, 3.63) is 29.6 Å². The number of nitrogens with one attached hydrogen (secondary N) is 1. The highest BCUT2D eigenvalue weighted by atomic mass is 19.1. The molecule has 1 heterocycles. The first kappa shape index (κ1) is 16.7. The zero-order valence-corrected chi connectivity index (χ0v) is 13.1. The number of carbonyl (C=O) groups is 1. The maximum absolute atomic E-state index is 14.0. The fourth-order valence-electron chi connectivity index (χ4n) is 2.42. The van der Waals surface area contributed by atoms with E-state index < -0.39 is 11.7 Å². The molecule has 0 saturated carbocycles. The van der Waals surface area contributed by atoms with Gasteiger partial charge in [-0.25, -0.2) is 4.39 Å². The third-order valence-corrected chi connectivity index (χ3v) is 3.79. The molecule has 5 nitrogen and oxygen atoms in total. The number of amides is 1. The van der Waals surface area contributed by atoms with Crippen LogP contribution in [0.25, 0.3) is 0 Å². The molecule has 122 valence electrons. The van der Waals surface area contributed by atoms with E-state index in [4.69, 9.17) is 9.47 Å². The Hall–Kier alpha value is -1.66. The second kappa shape index (κ2) is 8.10. The number of carbonyl (C=O) groups excluding carboxylic acids is 1. The number of halogens is 1. The summed E-state index contributed by atoms with van der Waals surface area (Å²) in [4.78, 5) is 14.5. The minimum Gasteiger partial charge on any atom is -0.494 e. The highest BCUT2D eigenvalue weighted by Crippen LogP contribution is 2.19. The van der Waals surface area contributed by atoms with E-state index in [-0.39, 0.29) is 17.4 Å². The van der Waals surface area contributed by atoms with Crippen molar-refractivity contribution in [2.45, 2.75) is 19.4 Å². The Bertz CT molecular complexity index is 504. The van der Waals surface area contributed by atoms with Crippen molar-refractivity contribution in [2.75, 3.05) is 40.0 Å². The van der Waals surface area contributed by atoms with Crippen molar-refractivity contribution in [3.8, 4) is 5.75 Å². The second-order valence-corrected chi connectivity index (χ2v) is 5.44. The van der Waals surface area contributed by atoms with E-state index in [2.05, 4.69) is 10.2 Å². The number of hydrogen-bond donors (Lipinski definition) is 1. The molecule has 0 spiro atoms. The number of benzene rings is 1. The molecule has 1 aliphatic rings. The molecule has 1 fully saturated rings. The van der Waals surface area contributed by atoms with Gasteiger partial charge in [-0.1, -0.05) is 6.07 Å². The van der Waals surface area contributed by atoms with Gasteiger partial charge in [0.05, 0.1) is 25.9 Å². The first-order valence-corrected chi connectivity index (χ1v) is 7.55. The van der Waals surface area contributed by atoms with E-state index in [0.717, 1.165) is 39.3 Å². The van der Waals surface area contributed by atoms with Gasteiger partial charge in [-0.15, -0.1) is 0 Å². The van der Waals surface area contributed by atoms with Crippen molar-refractivity contribution < 1.29 is 18.7 Å². The molecule has 0 unspecified atom stereocenters. The maximum atomic E-state index is 14.0. The molecule has 0 aliphatic carbocycles. The predicted octanol–water partition coefficient (Wildman–Crippen LogP) is 1.67. The molecule has 1 amide bonds. The Morgan fingerprint density at radius 3 is 2.86 bits per heavy atom. The molecule has 1 aliphatic heterocycles. The molecule has 2 rings (SSSR count). The van der Waals surface area contributed by atoms with Gasteiger partial charge < -0.3 is 14.8 Å². The minimum atomic E-state index is -0.622. The number of methoxy groups -OCH3 is 1. The summed E-state index contributed by atoms with van der Waals surface area (Å²) in [6, 6.07) is 4.53. The molecule has 0 bridgehead atoms. The van der Waals surface area contributed by atoms with E-state index in [1.807, 2.05) is 6.92 Å². The summed E-state index contributed by atoms with van der Waals surface area (Å²) in [6.07, 6.45) is 0.817. The number of rotatable bonds is 6. The number of hydrogen-bond acceptors (Lipinski definition) is 4. The molecule has 1 N–H and O–H groups in total. The molecule has 1 aromatic rings. The summed E-state index contributed by atoms with van der Waals surface area (Å²) in [7, 11) is 1.38. The standard InChI is InChI=1S/C16H23FN2O3/c1-12(6-7-19-8-10-22-11-9-19)18-16(20)13-4-3-5-14(21-2)15(13)17/h3-5,12H,6-11H2,1-2H3,(H,18,20)/t12-/m0/s1. The quantitative estimate of drug-likeness (QED) is 0.868. The predicted molar refractivity (Wildman–Crippen MR) is 81.8 cm³/mol. The van der Waals surface area contributed by atoms with Gasteiger partial charge in [-0.2, -0.15) is 0 Å². The molecule has 6 heteroatoms. The number of ether oxygens (including phenoxy) is 2. The van der Waals surface area contributed by atoms with Crippen LogP contribution in [0, 0.1) is 5.82 Å². The van der Waals surface area contributed by atoms with Crippen LogP contribution >= 0.6 is 0 Å². The summed E-state index contributed by atoms with van der Waals surface area (Å²) in [5.41, 5.74) is 0.0116. The monoisotopic (exact) mass is 310 g/mol. The second-order valence-electron chi connectivity index (χ2n) is 5.44. The summed E-state index contributed by atoms with van der Waals surface area (Å²) >= 11 is 0. The maximum Gasteiger partial charge on any atom is 0.254 e. The third-order valence-electron chi connectivity index (χ3n) is 3.79. The summed E-state index contributed by atoms with van der Waals surface area (Å²) in [5, 5.41) is 2.84. The van der Waals surface area contributed by atoms with E-state index in [1.54, 1.807) is 6.07 Å². The van der Waals surface area contributed by atoms with Crippen LogP contribution in [0.4, 0.5) is 4.39 Å². The molecule has 0 radical (unpaired) electrons. The molecule has 1 aromatic carbocycles. The molecule has 0 aromatic heterocycles. The van der Waals surface area contributed by atoms with Gasteiger partial charge >= 0.3 is 0 Å². The van der Waals surface area contributed by atoms with Gasteiger partial charge in [-0.05, 0) is 25.5 Å². The van der Waals surface area contributed by atoms with Crippen LogP contribution in [0.2, 0.25) is 0 Å². The lowest BCUT2D eigenvalue weighted by Gasteiger charge is -2.27. The minimum absolute atomic E-state index is 0.0116. The van der Waals surface area contributed by atoms with Crippen LogP contribution in [0.3, 0.4) is 0 Å². The molecule has 22 heavy (non-hydrogen) atoms. The zero-order chi connectivity index (χ0) is 15.9. The molecule has 1 saturated heterocycles. The van der Waals surface area contributed by atoms with Gasteiger partial charge in [0.15, 0.2) is 11.6 Å². The Labute approximate surface area is 130 Å². The highest BCUT2D eigenvalue weighted by Gasteiger charge is 2.18.